The molecule has 2 aliphatic rings. The minimum absolute atomic E-state index is 0.591. The van der Waals surface area contributed by atoms with E-state index in [2.05, 4.69) is 55.4 Å². The maximum atomic E-state index is 6.56. The van der Waals surface area contributed by atoms with Gasteiger partial charge in [-0.15, -0.1) is 0 Å². The summed E-state index contributed by atoms with van der Waals surface area (Å²) in [6.45, 7) is 19.7. The monoisotopic (exact) mass is 368 g/mol. The Morgan fingerprint density at radius 2 is 0.760 bits per heavy atom. The average Bonchev–Trinajstić information content (AvgIpc) is 2.57. The zero-order valence-electron chi connectivity index (χ0n) is 18.5. The lowest BCUT2D eigenvalue weighted by molar-refractivity contribution is 0.0672. The van der Waals surface area contributed by atoms with Crippen molar-refractivity contribution in [3.8, 4) is 0 Å². The van der Waals surface area contributed by atoms with Crippen LogP contribution in [0.5, 0.6) is 0 Å². The Morgan fingerprint density at radius 3 is 0.960 bits per heavy atom. The van der Waals surface area contributed by atoms with Crippen molar-refractivity contribution < 1.29 is 8.85 Å². The van der Waals surface area contributed by atoms with E-state index in [0.717, 1.165) is 23.7 Å². The van der Waals surface area contributed by atoms with Crippen LogP contribution in [0.1, 0.15) is 68.2 Å². The van der Waals surface area contributed by atoms with E-state index in [4.69, 9.17) is 8.85 Å². The smallest absolute Gasteiger partial charge is 0.345 e. The zero-order chi connectivity index (χ0) is 19.1. The molecule has 2 saturated carbocycles. The van der Waals surface area contributed by atoms with E-state index in [1.807, 2.05) is 14.2 Å². The molecule has 0 N–H and O–H groups in total. The van der Waals surface area contributed by atoms with E-state index in [1.165, 1.54) is 12.8 Å². The molecular weight excluding hydrogens is 324 g/mol. The van der Waals surface area contributed by atoms with Crippen LogP contribution in [-0.4, -0.2) is 22.8 Å². The van der Waals surface area contributed by atoms with Gasteiger partial charge in [0.25, 0.3) is 0 Å². The molecule has 0 aromatic heterocycles. The highest BCUT2D eigenvalue weighted by Crippen LogP contribution is 2.59. The van der Waals surface area contributed by atoms with Crippen LogP contribution in [0.15, 0.2) is 0 Å². The van der Waals surface area contributed by atoms with Crippen molar-refractivity contribution in [3.63, 3.8) is 0 Å². The Morgan fingerprint density at radius 1 is 0.520 bits per heavy atom. The highest BCUT2D eigenvalue weighted by atomic mass is 28.4. The number of hydrogen-bond donors (Lipinski definition) is 0. The summed E-state index contributed by atoms with van der Waals surface area (Å²) in [5.41, 5.74) is 1.18. The third kappa shape index (κ3) is 3.50. The van der Waals surface area contributed by atoms with E-state index >= 15 is 0 Å². The largest absolute Gasteiger partial charge is 0.397 e. The van der Waals surface area contributed by atoms with Crippen LogP contribution in [-0.2, 0) is 8.85 Å². The van der Waals surface area contributed by atoms with Gasteiger partial charge in [-0.3, -0.25) is 0 Å². The van der Waals surface area contributed by atoms with Crippen molar-refractivity contribution in [2.24, 2.45) is 47.3 Å². The first-order valence-corrected chi connectivity index (χ1v) is 12.7. The predicted molar refractivity (Wildman–Crippen MR) is 110 cm³/mol. The van der Waals surface area contributed by atoms with Crippen molar-refractivity contribution in [1.29, 1.82) is 0 Å². The van der Waals surface area contributed by atoms with Gasteiger partial charge in [-0.25, -0.2) is 0 Å². The molecule has 148 valence electrons. The first-order valence-electron chi connectivity index (χ1n) is 10.7. The molecule has 2 fully saturated rings. The first-order chi connectivity index (χ1) is 11.6. The minimum atomic E-state index is -2.36. The normalized spacial score (nSPS) is 49.2. The van der Waals surface area contributed by atoms with Crippen LogP contribution in [0.2, 0.25) is 11.1 Å². The topological polar surface area (TPSA) is 18.5 Å². The van der Waals surface area contributed by atoms with Crippen molar-refractivity contribution in [2.45, 2.75) is 79.3 Å². The van der Waals surface area contributed by atoms with Gasteiger partial charge in [0.15, 0.2) is 0 Å². The highest BCUT2D eigenvalue weighted by Gasteiger charge is 2.61. The second kappa shape index (κ2) is 8.02. The van der Waals surface area contributed by atoms with Crippen LogP contribution in [0.4, 0.5) is 0 Å². The molecule has 2 rings (SSSR count). The molecule has 25 heavy (non-hydrogen) atoms. The lowest BCUT2D eigenvalue weighted by atomic mass is 9.70. The number of rotatable bonds is 4. The van der Waals surface area contributed by atoms with Crippen molar-refractivity contribution in [3.05, 3.63) is 0 Å². The Bertz CT molecular complexity index is 372. The molecule has 0 radical (unpaired) electrons. The third-order valence-electron chi connectivity index (χ3n) is 8.91. The van der Waals surface area contributed by atoms with Gasteiger partial charge in [0.05, 0.1) is 0 Å². The van der Waals surface area contributed by atoms with Crippen LogP contribution in [0.3, 0.4) is 0 Å². The minimum Gasteiger partial charge on any atom is -0.397 e. The van der Waals surface area contributed by atoms with Crippen LogP contribution < -0.4 is 0 Å². The molecule has 0 amide bonds. The summed E-state index contributed by atoms with van der Waals surface area (Å²) in [6, 6.07) is 0. The Hall–Kier alpha value is 0.137. The zero-order valence-corrected chi connectivity index (χ0v) is 19.5. The average molecular weight is 369 g/mol. The fraction of sp³-hybridized carbons (Fsp3) is 1.00. The third-order valence-corrected chi connectivity index (χ3v) is 14.1. The molecule has 0 aliphatic heterocycles. The quantitative estimate of drug-likeness (QED) is 0.538. The molecule has 8 atom stereocenters. The Kier molecular flexibility index (Phi) is 6.88. The van der Waals surface area contributed by atoms with Gasteiger partial charge in [-0.1, -0.05) is 55.4 Å². The van der Waals surface area contributed by atoms with Gasteiger partial charge in [-0.05, 0) is 60.2 Å². The number of hydrogen-bond acceptors (Lipinski definition) is 2. The van der Waals surface area contributed by atoms with Gasteiger partial charge in [0.2, 0.25) is 0 Å². The van der Waals surface area contributed by atoms with E-state index in [1.54, 1.807) is 0 Å². The van der Waals surface area contributed by atoms with Gasteiger partial charge in [0.1, 0.15) is 0 Å². The molecule has 8 unspecified atom stereocenters. The summed E-state index contributed by atoms with van der Waals surface area (Å²) < 4.78 is 13.1. The van der Waals surface area contributed by atoms with Gasteiger partial charge in [0, 0.05) is 25.3 Å². The molecule has 2 nitrogen and oxygen atoms in total. The van der Waals surface area contributed by atoms with Crippen molar-refractivity contribution in [2.75, 3.05) is 14.2 Å². The lowest BCUT2D eigenvalue weighted by Gasteiger charge is -2.56. The predicted octanol–water partition coefficient (Wildman–Crippen LogP) is 6.36. The summed E-state index contributed by atoms with van der Waals surface area (Å²) >= 11 is 0. The second-order valence-corrected chi connectivity index (χ2v) is 13.6. The van der Waals surface area contributed by atoms with Crippen molar-refractivity contribution in [1.82, 2.24) is 0 Å². The summed E-state index contributed by atoms with van der Waals surface area (Å²) in [5.74, 6) is 5.79. The molecule has 0 aromatic carbocycles. The maximum Gasteiger partial charge on any atom is 0.345 e. The Labute approximate surface area is 158 Å². The fourth-order valence-electron chi connectivity index (χ4n) is 6.72. The van der Waals surface area contributed by atoms with Crippen LogP contribution >= 0.6 is 0 Å². The molecule has 0 aromatic rings. The molecule has 0 heterocycles. The second-order valence-electron chi connectivity index (χ2n) is 10.00. The summed E-state index contributed by atoms with van der Waals surface area (Å²) in [4.78, 5) is 0. The molecule has 3 heteroatoms. The van der Waals surface area contributed by atoms with Crippen LogP contribution in [0.25, 0.3) is 0 Å². The van der Waals surface area contributed by atoms with Gasteiger partial charge in [-0.2, -0.15) is 0 Å². The van der Waals surface area contributed by atoms with Crippen LogP contribution in [0, 0.1) is 47.3 Å². The molecule has 2 aliphatic carbocycles. The van der Waals surface area contributed by atoms with Gasteiger partial charge >= 0.3 is 8.56 Å². The maximum absolute atomic E-state index is 6.56. The molecule has 0 spiro atoms. The fourth-order valence-corrected chi connectivity index (χ4v) is 12.7. The highest BCUT2D eigenvalue weighted by molar-refractivity contribution is 6.70. The summed E-state index contributed by atoms with van der Waals surface area (Å²) in [5, 5.41) is 0. The van der Waals surface area contributed by atoms with E-state index in [0.29, 0.717) is 34.8 Å². The van der Waals surface area contributed by atoms with Gasteiger partial charge < -0.3 is 8.85 Å². The van der Waals surface area contributed by atoms with Crippen molar-refractivity contribution >= 4 is 8.56 Å². The Balaban J connectivity index is 2.52. The van der Waals surface area contributed by atoms with E-state index < -0.39 is 8.56 Å². The lowest BCUT2D eigenvalue weighted by Crippen LogP contribution is -2.61. The SMILES string of the molecule is CO[Si](OC)(C1C(C)C(C)CC(C)C1C)C1C(C)C(C)CC(C)C1C. The molecule has 0 saturated heterocycles. The summed E-state index contributed by atoms with van der Waals surface area (Å²) in [6.07, 6.45) is 2.69. The van der Waals surface area contributed by atoms with E-state index in [-0.39, 0.29) is 0 Å². The molecule has 0 bridgehead atoms. The standard InChI is InChI=1S/C22H44O2Si/c1-13-11-14(2)18(6)21(17(13)5)25(23-9,24-10)22-19(7)15(3)12-16(4)20(22)8/h13-22H,11-12H2,1-10H3. The molecular formula is C22H44O2Si. The summed E-state index contributed by atoms with van der Waals surface area (Å²) in [7, 11) is 1.56. The van der Waals surface area contributed by atoms with E-state index in [9.17, 15) is 0 Å². The first kappa shape index (κ1) is 21.4.